The lowest BCUT2D eigenvalue weighted by Crippen LogP contribution is -2.33. The summed E-state index contributed by atoms with van der Waals surface area (Å²) in [5.74, 6) is -0.151. The fourth-order valence-electron chi connectivity index (χ4n) is 2.42. The minimum atomic E-state index is -0.407. The van der Waals surface area contributed by atoms with Crippen molar-refractivity contribution in [1.29, 1.82) is 0 Å². The Hall–Kier alpha value is -2.67. The minimum Gasteiger partial charge on any atom is -0.442 e. The normalized spacial score (nSPS) is 16.8. The number of hydrogen-bond acceptors (Lipinski definition) is 5. The molecule has 1 atom stereocenters. The van der Waals surface area contributed by atoms with Crippen LogP contribution >= 0.6 is 11.3 Å². The van der Waals surface area contributed by atoms with E-state index in [-0.39, 0.29) is 12.0 Å². The molecule has 1 aliphatic heterocycles. The number of rotatable bonds is 5. The Labute approximate surface area is 143 Å². The smallest absolute Gasteiger partial charge is 0.415 e. The fraction of sp³-hybridized carbons (Fsp3) is 0.235. The van der Waals surface area contributed by atoms with Gasteiger partial charge in [0, 0.05) is 17.4 Å². The standard InChI is InChI=1S/C17H16N2O4S/c1-11(21)18-8-14-9-19(17(22)23-14)16-7-6-15(24-16)13-4-2-12(10-20)3-5-13/h2-7,10,14H,8-9H2,1H3,(H,18,21)/t14-/m0/s1. The number of carbonyl (C=O) groups excluding carboxylic acids is 3. The summed E-state index contributed by atoms with van der Waals surface area (Å²) in [5, 5.41) is 3.45. The van der Waals surface area contributed by atoms with Crippen molar-refractivity contribution in [2.24, 2.45) is 0 Å². The van der Waals surface area contributed by atoms with Gasteiger partial charge in [0.1, 0.15) is 17.4 Å². The van der Waals surface area contributed by atoms with Gasteiger partial charge < -0.3 is 10.1 Å². The molecule has 3 rings (SSSR count). The predicted molar refractivity (Wildman–Crippen MR) is 91.4 cm³/mol. The Morgan fingerprint density at radius 1 is 1.33 bits per heavy atom. The van der Waals surface area contributed by atoms with E-state index in [1.807, 2.05) is 24.3 Å². The zero-order valence-corrected chi connectivity index (χ0v) is 13.8. The summed E-state index contributed by atoms with van der Waals surface area (Å²) in [4.78, 5) is 36.3. The Morgan fingerprint density at radius 2 is 2.08 bits per heavy atom. The zero-order valence-electron chi connectivity index (χ0n) is 13.0. The van der Waals surface area contributed by atoms with Gasteiger partial charge in [0.05, 0.1) is 13.1 Å². The first-order valence-corrected chi connectivity index (χ1v) is 8.26. The number of nitrogens with zero attached hydrogens (tertiary/aromatic N) is 1. The number of aldehydes is 1. The maximum atomic E-state index is 12.0. The molecule has 1 aromatic carbocycles. The first kappa shape index (κ1) is 16.2. The second-order valence-electron chi connectivity index (χ2n) is 5.43. The molecule has 2 heterocycles. The van der Waals surface area contributed by atoms with Crippen LogP contribution in [0, 0.1) is 0 Å². The Morgan fingerprint density at radius 3 is 2.75 bits per heavy atom. The van der Waals surface area contributed by atoms with Crippen LogP contribution in [0.5, 0.6) is 0 Å². The van der Waals surface area contributed by atoms with Gasteiger partial charge in [0.25, 0.3) is 0 Å². The van der Waals surface area contributed by atoms with Crippen molar-refractivity contribution >= 4 is 34.6 Å². The van der Waals surface area contributed by atoms with E-state index in [0.29, 0.717) is 18.7 Å². The molecule has 2 aromatic rings. The topological polar surface area (TPSA) is 75.7 Å². The van der Waals surface area contributed by atoms with E-state index in [1.54, 1.807) is 17.0 Å². The molecule has 1 fully saturated rings. The molecule has 0 radical (unpaired) electrons. The summed E-state index contributed by atoms with van der Waals surface area (Å²) in [5.41, 5.74) is 1.61. The highest BCUT2D eigenvalue weighted by Gasteiger charge is 2.33. The van der Waals surface area contributed by atoms with Gasteiger partial charge in [-0.15, -0.1) is 11.3 Å². The molecular weight excluding hydrogens is 328 g/mol. The molecule has 0 aliphatic carbocycles. The lowest BCUT2D eigenvalue weighted by Gasteiger charge is -2.10. The summed E-state index contributed by atoms with van der Waals surface area (Å²) in [6.45, 7) is 2.14. The summed E-state index contributed by atoms with van der Waals surface area (Å²) < 4.78 is 5.26. The van der Waals surface area contributed by atoms with Gasteiger partial charge in [0.2, 0.25) is 5.91 Å². The Bertz CT molecular complexity index is 769. The molecule has 1 N–H and O–H groups in total. The van der Waals surface area contributed by atoms with Crippen molar-refractivity contribution in [3.05, 3.63) is 42.0 Å². The van der Waals surface area contributed by atoms with Gasteiger partial charge >= 0.3 is 6.09 Å². The van der Waals surface area contributed by atoms with Gasteiger partial charge in [-0.05, 0) is 17.7 Å². The van der Waals surface area contributed by atoms with E-state index >= 15 is 0 Å². The third-order valence-corrected chi connectivity index (χ3v) is 4.80. The summed E-state index contributed by atoms with van der Waals surface area (Å²) in [6, 6.07) is 11.1. The third-order valence-electron chi connectivity index (χ3n) is 3.64. The Kier molecular flexibility index (Phi) is 4.61. The van der Waals surface area contributed by atoms with E-state index in [2.05, 4.69) is 5.32 Å². The van der Waals surface area contributed by atoms with Crippen molar-refractivity contribution in [1.82, 2.24) is 5.32 Å². The number of nitrogens with one attached hydrogen (secondary N) is 1. The van der Waals surface area contributed by atoms with Crippen molar-refractivity contribution < 1.29 is 19.1 Å². The SMILES string of the molecule is CC(=O)NC[C@H]1CN(c2ccc(-c3ccc(C=O)cc3)s2)C(=O)O1. The van der Waals surface area contributed by atoms with Crippen molar-refractivity contribution in [2.75, 3.05) is 18.0 Å². The lowest BCUT2D eigenvalue weighted by atomic mass is 10.1. The predicted octanol–water partition coefficient (Wildman–Crippen LogP) is 2.69. The summed E-state index contributed by atoms with van der Waals surface area (Å²) >= 11 is 1.48. The van der Waals surface area contributed by atoms with Gasteiger partial charge in [-0.25, -0.2) is 4.79 Å². The van der Waals surface area contributed by atoms with E-state index < -0.39 is 6.09 Å². The van der Waals surface area contributed by atoms with Crippen LogP contribution in [0.4, 0.5) is 9.80 Å². The monoisotopic (exact) mass is 344 g/mol. The largest absolute Gasteiger partial charge is 0.442 e. The van der Waals surface area contributed by atoms with E-state index in [0.717, 1.165) is 21.7 Å². The van der Waals surface area contributed by atoms with Crippen LogP contribution in [0.15, 0.2) is 36.4 Å². The molecule has 0 saturated carbocycles. The van der Waals surface area contributed by atoms with Crippen LogP contribution in [0.2, 0.25) is 0 Å². The second-order valence-corrected chi connectivity index (χ2v) is 6.49. The molecule has 2 amide bonds. The van der Waals surface area contributed by atoms with Crippen molar-refractivity contribution in [3.63, 3.8) is 0 Å². The first-order chi connectivity index (χ1) is 11.6. The van der Waals surface area contributed by atoms with Crippen LogP contribution in [0.25, 0.3) is 10.4 Å². The van der Waals surface area contributed by atoms with Crippen LogP contribution in [-0.2, 0) is 9.53 Å². The molecule has 6 nitrogen and oxygen atoms in total. The number of benzene rings is 1. The minimum absolute atomic E-state index is 0.151. The number of anilines is 1. The lowest BCUT2D eigenvalue weighted by molar-refractivity contribution is -0.119. The molecule has 7 heteroatoms. The van der Waals surface area contributed by atoms with E-state index in [1.165, 1.54) is 18.3 Å². The van der Waals surface area contributed by atoms with E-state index in [9.17, 15) is 14.4 Å². The highest BCUT2D eigenvalue weighted by atomic mass is 32.1. The van der Waals surface area contributed by atoms with Gasteiger partial charge in [0.15, 0.2) is 0 Å². The van der Waals surface area contributed by atoms with Crippen molar-refractivity contribution in [2.45, 2.75) is 13.0 Å². The van der Waals surface area contributed by atoms with E-state index in [4.69, 9.17) is 4.74 Å². The number of thiophene rings is 1. The number of amides is 2. The van der Waals surface area contributed by atoms with Gasteiger partial charge in [-0.3, -0.25) is 14.5 Å². The van der Waals surface area contributed by atoms with Crippen molar-refractivity contribution in [3.8, 4) is 10.4 Å². The number of hydrogen-bond donors (Lipinski definition) is 1. The maximum absolute atomic E-state index is 12.0. The maximum Gasteiger partial charge on any atom is 0.415 e. The quantitative estimate of drug-likeness (QED) is 0.846. The summed E-state index contributed by atoms with van der Waals surface area (Å²) in [6.07, 6.45) is 0.0490. The first-order valence-electron chi connectivity index (χ1n) is 7.45. The highest BCUT2D eigenvalue weighted by molar-refractivity contribution is 7.19. The molecule has 0 unspecified atom stereocenters. The highest BCUT2D eigenvalue weighted by Crippen LogP contribution is 2.35. The number of ether oxygens (including phenoxy) is 1. The molecular formula is C17H16N2O4S. The second kappa shape index (κ2) is 6.84. The summed E-state index contributed by atoms with van der Waals surface area (Å²) in [7, 11) is 0. The Balaban J connectivity index is 1.71. The molecule has 1 aromatic heterocycles. The van der Waals surface area contributed by atoms with Crippen LogP contribution in [0.3, 0.4) is 0 Å². The average molecular weight is 344 g/mol. The zero-order chi connectivity index (χ0) is 17.1. The fourth-order valence-corrected chi connectivity index (χ4v) is 3.43. The molecule has 1 aliphatic rings. The molecule has 124 valence electrons. The number of cyclic esters (lactones) is 1. The molecule has 24 heavy (non-hydrogen) atoms. The van der Waals surface area contributed by atoms with Crippen LogP contribution in [-0.4, -0.2) is 37.5 Å². The molecule has 0 bridgehead atoms. The van der Waals surface area contributed by atoms with Crippen LogP contribution in [0.1, 0.15) is 17.3 Å². The van der Waals surface area contributed by atoms with Gasteiger partial charge in [-0.1, -0.05) is 24.3 Å². The molecule has 0 spiro atoms. The molecule has 1 saturated heterocycles. The van der Waals surface area contributed by atoms with Gasteiger partial charge in [-0.2, -0.15) is 0 Å². The third kappa shape index (κ3) is 3.46. The average Bonchev–Trinajstić information content (AvgIpc) is 3.19. The number of carbonyl (C=O) groups is 3. The van der Waals surface area contributed by atoms with Crippen LogP contribution < -0.4 is 10.2 Å².